The lowest BCUT2D eigenvalue weighted by molar-refractivity contribution is -0.0624. The van der Waals surface area contributed by atoms with Crippen molar-refractivity contribution in [3.63, 3.8) is 0 Å². The number of nitrogens with two attached hydrogens (primary N) is 2. The van der Waals surface area contributed by atoms with Crippen molar-refractivity contribution in [3.05, 3.63) is 22.5 Å². The monoisotopic (exact) mass is 599 g/mol. The van der Waals surface area contributed by atoms with Crippen molar-refractivity contribution >= 4 is 59.3 Å². The van der Waals surface area contributed by atoms with Crippen LogP contribution in [0, 0.1) is 0 Å². The number of aromatic nitrogens is 9. The number of nitrogen functional groups attached to an aromatic ring is 2. The van der Waals surface area contributed by atoms with E-state index in [1.807, 2.05) is 0 Å². The number of carbonyl (C=O) groups is 1. The summed E-state index contributed by atoms with van der Waals surface area (Å²) in [6.45, 7) is -5.62. The Kier molecular flexibility index (Phi) is 6.53. The van der Waals surface area contributed by atoms with Crippen molar-refractivity contribution in [2.24, 2.45) is 0 Å². The van der Waals surface area contributed by atoms with E-state index in [2.05, 4.69) is 47.5 Å². The minimum atomic E-state index is -4.36. The van der Waals surface area contributed by atoms with E-state index in [4.69, 9.17) is 34.7 Å². The van der Waals surface area contributed by atoms with Crippen molar-refractivity contribution in [1.29, 1.82) is 0 Å². The summed E-state index contributed by atoms with van der Waals surface area (Å²) in [7, 11) is 0. The molecule has 212 valence electrons. The van der Waals surface area contributed by atoms with Gasteiger partial charge in [0.25, 0.3) is 5.56 Å². The third-order valence-corrected chi connectivity index (χ3v) is 7.60. The number of cyclic esters (lactones) is 2. The van der Waals surface area contributed by atoms with Gasteiger partial charge in [0.05, 0.1) is 6.54 Å². The second-order valence-corrected chi connectivity index (χ2v) is 11.4. The number of alkyl halides is 1. The van der Waals surface area contributed by atoms with Crippen molar-refractivity contribution in [1.82, 2.24) is 44.5 Å². The molecule has 1 unspecified atom stereocenters. The van der Waals surface area contributed by atoms with Crippen molar-refractivity contribution < 1.29 is 37.0 Å². The predicted octanol–water partition coefficient (Wildman–Crippen LogP) is -0.139. The van der Waals surface area contributed by atoms with Crippen LogP contribution in [-0.4, -0.2) is 82.2 Å². The molecule has 6 rings (SSSR count). The SMILES string of the molecule is Nc1nc2c(nnn2[C@@H]2O[C@@H]3COC(=O)OCCn4c(nc5c(N)ncnc54)COP(=O)(S)O[C@@H]2[C@@H]3F)c(=O)[nH]1. The summed E-state index contributed by atoms with van der Waals surface area (Å²) in [5.74, 6) is -0.0563. The molecular weight excluding hydrogens is 580 g/mol. The third kappa shape index (κ3) is 4.70. The van der Waals surface area contributed by atoms with Gasteiger partial charge < -0.3 is 30.2 Å². The molecular formula is C18H19FN11O8PS. The number of nitrogens with zero attached hydrogens (tertiary/aromatic N) is 8. The van der Waals surface area contributed by atoms with Crippen LogP contribution < -0.4 is 17.0 Å². The first-order chi connectivity index (χ1) is 19.1. The Hall–Kier alpha value is -3.91. The molecule has 0 spiro atoms. The molecule has 0 aromatic carbocycles. The van der Waals surface area contributed by atoms with Crippen molar-refractivity contribution in [3.8, 4) is 0 Å². The average Bonchev–Trinajstić information content (AvgIpc) is 3.56. The highest BCUT2D eigenvalue weighted by Gasteiger charge is 2.51. The van der Waals surface area contributed by atoms with Gasteiger partial charge in [0.1, 0.15) is 44.2 Å². The molecule has 40 heavy (non-hydrogen) atoms. The molecule has 2 aliphatic rings. The van der Waals surface area contributed by atoms with Gasteiger partial charge in [-0.2, -0.15) is 9.67 Å². The number of H-pyrrole nitrogens is 1. The first-order valence-corrected chi connectivity index (χ1v) is 14.1. The Morgan fingerprint density at radius 2 is 1.98 bits per heavy atom. The molecule has 0 amide bonds. The number of rotatable bonds is 1. The fraction of sp³-hybridized carbons (Fsp3) is 0.444. The summed E-state index contributed by atoms with van der Waals surface area (Å²) >= 11 is 4.01. The molecule has 2 bridgehead atoms. The summed E-state index contributed by atoms with van der Waals surface area (Å²) in [5.41, 5.74) is 10.9. The number of ether oxygens (including phenoxy) is 3. The second-order valence-electron chi connectivity index (χ2n) is 8.50. The number of halogens is 1. The molecule has 1 saturated heterocycles. The fourth-order valence-electron chi connectivity index (χ4n) is 4.25. The molecule has 4 aromatic heterocycles. The van der Waals surface area contributed by atoms with Crippen LogP contribution in [0.2, 0.25) is 0 Å². The minimum absolute atomic E-state index is 0.0312. The lowest BCUT2D eigenvalue weighted by Crippen LogP contribution is -2.33. The third-order valence-electron chi connectivity index (χ3n) is 6.01. The van der Waals surface area contributed by atoms with E-state index in [1.54, 1.807) is 0 Å². The number of thiol groups is 1. The first kappa shape index (κ1) is 26.3. The number of hydrogen-bond donors (Lipinski definition) is 4. The first-order valence-electron chi connectivity index (χ1n) is 11.4. The van der Waals surface area contributed by atoms with Crippen LogP contribution in [-0.2, 0) is 41.0 Å². The number of fused-ring (bicyclic) bond motifs is 6. The highest BCUT2D eigenvalue weighted by Crippen LogP contribution is 2.57. The fourth-order valence-corrected chi connectivity index (χ4v) is 5.61. The predicted molar refractivity (Wildman–Crippen MR) is 132 cm³/mol. The van der Waals surface area contributed by atoms with E-state index < -0.39 is 56.3 Å². The number of nitrogens with one attached hydrogen (secondary N) is 1. The largest absolute Gasteiger partial charge is 0.508 e. The highest BCUT2D eigenvalue weighted by atomic mass is 32.7. The molecule has 4 aromatic rings. The normalized spacial score (nSPS) is 28.0. The van der Waals surface area contributed by atoms with Crippen LogP contribution in [0.3, 0.4) is 0 Å². The Labute approximate surface area is 226 Å². The smallest absolute Gasteiger partial charge is 0.432 e. The van der Waals surface area contributed by atoms with Gasteiger partial charge >= 0.3 is 13.0 Å². The van der Waals surface area contributed by atoms with Gasteiger partial charge in [0.2, 0.25) is 5.95 Å². The zero-order valence-electron chi connectivity index (χ0n) is 20.0. The van der Waals surface area contributed by atoms with Crippen LogP contribution in [0.5, 0.6) is 0 Å². The second kappa shape index (κ2) is 9.93. The lowest BCUT2D eigenvalue weighted by Gasteiger charge is -2.23. The van der Waals surface area contributed by atoms with E-state index in [0.717, 1.165) is 4.68 Å². The van der Waals surface area contributed by atoms with Gasteiger partial charge in [-0.05, 0) is 0 Å². The summed E-state index contributed by atoms with van der Waals surface area (Å²) in [4.78, 5) is 43.0. The van der Waals surface area contributed by atoms with Gasteiger partial charge in [-0.3, -0.25) is 18.8 Å². The summed E-state index contributed by atoms with van der Waals surface area (Å²) in [6, 6.07) is 0. The highest BCUT2D eigenvalue weighted by molar-refractivity contribution is 8.44. The van der Waals surface area contributed by atoms with Crippen molar-refractivity contribution in [2.45, 2.75) is 37.8 Å². The standard InChI is InChI=1S/C18H19FN11O8PS/c19-8-6-3-35-18(32)34-2-1-29-7(24-9-12(20)22-5-23-13(9)29)4-36-39(33,40)38-11(8)16(37-6)30-14-10(27-28-30)15(31)26-17(21)25-14/h5-6,8,11,16H,1-4H2,(H,33,40)(H2,20,22,23)(H3,21,25,26,31)/t6-,8-,11-,16-,39?/m1/s1. The summed E-state index contributed by atoms with van der Waals surface area (Å²) in [6.07, 6.45) is -6.65. The van der Waals surface area contributed by atoms with Crippen LogP contribution in [0.4, 0.5) is 21.0 Å². The number of aromatic amines is 1. The van der Waals surface area contributed by atoms with E-state index >= 15 is 4.39 Å². The van der Waals surface area contributed by atoms with Crippen LogP contribution >= 0.6 is 19.0 Å². The lowest BCUT2D eigenvalue weighted by atomic mass is 10.1. The van der Waals surface area contributed by atoms with Gasteiger partial charge in [0.15, 0.2) is 40.5 Å². The quantitative estimate of drug-likeness (QED) is 0.126. The zero-order valence-corrected chi connectivity index (χ0v) is 21.8. The molecule has 2 aliphatic heterocycles. The van der Waals surface area contributed by atoms with Gasteiger partial charge in [-0.25, -0.2) is 28.7 Å². The minimum Gasteiger partial charge on any atom is -0.432 e. The maximum atomic E-state index is 15.7. The number of carbonyl (C=O) groups excluding carboxylic acids is 1. The number of imidazole rings is 1. The Morgan fingerprint density at radius 1 is 1.15 bits per heavy atom. The molecule has 0 radical (unpaired) electrons. The molecule has 5 N–H and O–H groups in total. The van der Waals surface area contributed by atoms with Gasteiger partial charge in [-0.1, -0.05) is 17.5 Å². The molecule has 6 heterocycles. The Balaban J connectivity index is 1.37. The molecule has 22 heteroatoms. The van der Waals surface area contributed by atoms with Crippen LogP contribution in [0.1, 0.15) is 12.1 Å². The van der Waals surface area contributed by atoms with E-state index in [-0.39, 0.29) is 47.4 Å². The van der Waals surface area contributed by atoms with Gasteiger partial charge in [0, 0.05) is 0 Å². The Morgan fingerprint density at radius 3 is 2.80 bits per heavy atom. The van der Waals surface area contributed by atoms with Gasteiger partial charge in [-0.15, -0.1) is 5.10 Å². The van der Waals surface area contributed by atoms with E-state index in [9.17, 15) is 14.2 Å². The van der Waals surface area contributed by atoms with E-state index in [0.29, 0.717) is 5.65 Å². The Bertz CT molecular complexity index is 1730. The number of hydrogen-bond acceptors (Lipinski definition) is 16. The molecule has 1 fully saturated rings. The molecule has 5 atom stereocenters. The van der Waals surface area contributed by atoms with Crippen LogP contribution in [0.25, 0.3) is 22.3 Å². The zero-order chi connectivity index (χ0) is 28.2. The average molecular weight is 599 g/mol. The molecule has 0 aliphatic carbocycles. The van der Waals surface area contributed by atoms with Crippen molar-refractivity contribution in [2.75, 3.05) is 24.7 Å². The van der Waals surface area contributed by atoms with E-state index in [1.165, 1.54) is 10.9 Å². The maximum Gasteiger partial charge on any atom is 0.508 e. The molecule has 19 nitrogen and oxygen atoms in total. The van der Waals surface area contributed by atoms with Crippen LogP contribution in [0.15, 0.2) is 11.1 Å². The summed E-state index contributed by atoms with van der Waals surface area (Å²) in [5, 5.41) is 7.55. The molecule has 0 saturated carbocycles. The number of anilines is 2. The summed E-state index contributed by atoms with van der Waals surface area (Å²) < 4.78 is 58.2. The maximum absolute atomic E-state index is 15.7. The topological polar surface area (TPSA) is 252 Å².